The van der Waals surface area contributed by atoms with Crippen LogP contribution in [0.3, 0.4) is 0 Å². The van der Waals surface area contributed by atoms with E-state index >= 15 is 0 Å². The first-order valence-electron chi connectivity index (χ1n) is 9.57. The van der Waals surface area contributed by atoms with Gasteiger partial charge in [-0.1, -0.05) is 6.42 Å². The highest BCUT2D eigenvalue weighted by atomic mass is 35.5. The third-order valence-electron chi connectivity index (χ3n) is 6.15. The van der Waals surface area contributed by atoms with E-state index in [1.54, 1.807) is 0 Å². The third kappa shape index (κ3) is 4.21. The van der Waals surface area contributed by atoms with Crippen molar-refractivity contribution >= 4 is 35.6 Å². The smallest absolute Gasteiger partial charge is 0.227 e. The van der Waals surface area contributed by atoms with E-state index in [9.17, 15) is 9.59 Å². The highest BCUT2D eigenvalue weighted by Gasteiger charge is 2.40. The van der Waals surface area contributed by atoms with Crippen molar-refractivity contribution in [1.82, 2.24) is 0 Å². The summed E-state index contributed by atoms with van der Waals surface area (Å²) in [6.45, 7) is 0. The normalized spacial score (nSPS) is 30.0. The van der Waals surface area contributed by atoms with Gasteiger partial charge in [0.2, 0.25) is 11.8 Å². The van der Waals surface area contributed by atoms with Gasteiger partial charge in [0, 0.05) is 29.3 Å². The van der Waals surface area contributed by atoms with Crippen molar-refractivity contribution in [3.8, 4) is 0 Å². The molecule has 2 bridgehead atoms. The number of anilines is 2. The predicted molar refractivity (Wildman–Crippen MR) is 105 cm³/mol. The van der Waals surface area contributed by atoms with Gasteiger partial charge >= 0.3 is 0 Å². The van der Waals surface area contributed by atoms with E-state index in [1.165, 1.54) is 6.42 Å². The number of rotatable bonds is 4. The molecule has 0 radical (unpaired) electrons. The lowest BCUT2D eigenvalue weighted by Gasteiger charge is -2.43. The Morgan fingerprint density at radius 3 is 1.73 bits per heavy atom. The molecule has 5 nitrogen and oxygen atoms in total. The van der Waals surface area contributed by atoms with Crippen molar-refractivity contribution in [2.75, 3.05) is 10.6 Å². The van der Waals surface area contributed by atoms with Crippen molar-refractivity contribution in [3.63, 3.8) is 0 Å². The first-order chi connectivity index (χ1) is 12.1. The van der Waals surface area contributed by atoms with E-state index in [2.05, 4.69) is 10.6 Å². The van der Waals surface area contributed by atoms with E-state index in [1.807, 2.05) is 24.3 Å². The van der Waals surface area contributed by atoms with Crippen LogP contribution in [0, 0.1) is 23.7 Å². The maximum Gasteiger partial charge on any atom is 0.227 e. The highest BCUT2D eigenvalue weighted by molar-refractivity contribution is 5.95. The molecule has 3 fully saturated rings. The highest BCUT2D eigenvalue weighted by Crippen LogP contribution is 2.42. The number of halogens is 1. The molecule has 0 aliphatic heterocycles. The van der Waals surface area contributed by atoms with Crippen LogP contribution in [0.4, 0.5) is 11.4 Å². The maximum atomic E-state index is 12.6. The largest absolute Gasteiger partial charge is 0.327 e. The Bertz CT molecular complexity index is 646. The number of nitrogens with two attached hydrogens (primary N) is 1. The zero-order valence-electron chi connectivity index (χ0n) is 14.9. The molecular weight excluding hydrogens is 350 g/mol. The van der Waals surface area contributed by atoms with Gasteiger partial charge in [0.05, 0.1) is 0 Å². The number of amides is 2. The molecule has 2 unspecified atom stereocenters. The summed E-state index contributed by atoms with van der Waals surface area (Å²) >= 11 is 0. The monoisotopic (exact) mass is 377 g/mol. The minimum Gasteiger partial charge on any atom is -0.327 e. The summed E-state index contributed by atoms with van der Waals surface area (Å²) < 4.78 is 0. The Morgan fingerprint density at radius 1 is 0.808 bits per heavy atom. The van der Waals surface area contributed by atoms with Crippen LogP contribution in [0.5, 0.6) is 0 Å². The quantitative estimate of drug-likeness (QED) is 0.750. The van der Waals surface area contributed by atoms with Crippen molar-refractivity contribution in [3.05, 3.63) is 24.3 Å². The Morgan fingerprint density at radius 2 is 1.27 bits per heavy atom. The molecule has 0 saturated heterocycles. The summed E-state index contributed by atoms with van der Waals surface area (Å²) in [5, 5.41) is 5.95. The van der Waals surface area contributed by atoms with Crippen LogP contribution < -0.4 is 16.4 Å². The molecule has 0 spiro atoms. The lowest BCUT2D eigenvalue weighted by Crippen LogP contribution is -2.48. The van der Waals surface area contributed by atoms with Gasteiger partial charge in [-0.15, -0.1) is 12.4 Å². The summed E-state index contributed by atoms with van der Waals surface area (Å²) in [5.74, 6) is 1.48. The number of fused-ring (bicyclic) bond motifs is 2. The van der Waals surface area contributed by atoms with Crippen LogP contribution in [-0.2, 0) is 9.59 Å². The van der Waals surface area contributed by atoms with E-state index in [-0.39, 0.29) is 42.1 Å². The van der Waals surface area contributed by atoms with Crippen LogP contribution in [0.15, 0.2) is 24.3 Å². The number of benzene rings is 1. The molecular formula is C20H28ClN3O2. The molecule has 2 atom stereocenters. The topological polar surface area (TPSA) is 84.2 Å². The Labute approximate surface area is 160 Å². The molecule has 4 rings (SSSR count). The molecule has 0 heterocycles. The first kappa shape index (κ1) is 19.2. The van der Waals surface area contributed by atoms with Crippen molar-refractivity contribution in [1.29, 1.82) is 0 Å². The minimum atomic E-state index is 0. The number of hydrogen-bond donors (Lipinski definition) is 3. The maximum absolute atomic E-state index is 12.6. The van der Waals surface area contributed by atoms with Gasteiger partial charge in [-0.25, -0.2) is 0 Å². The molecule has 0 aromatic heterocycles. The van der Waals surface area contributed by atoms with E-state index in [0.29, 0.717) is 11.8 Å². The molecule has 26 heavy (non-hydrogen) atoms. The standard InChI is InChI=1S/C20H27N3O2.ClH/c21-18-13-2-1-3-14(18)11-15(10-13)20(25)23-17-8-6-16(7-9-17)22-19(24)12-4-5-12;/h6-9,12-15,18H,1-5,10-11,21H2,(H,22,24)(H,23,25);1H. The molecule has 3 aliphatic carbocycles. The zero-order chi connectivity index (χ0) is 17.4. The van der Waals surface area contributed by atoms with Crippen molar-refractivity contribution in [2.45, 2.75) is 51.0 Å². The Kier molecular flexibility index (Phi) is 5.88. The van der Waals surface area contributed by atoms with Crippen LogP contribution in [0.25, 0.3) is 0 Å². The third-order valence-corrected chi connectivity index (χ3v) is 6.15. The van der Waals surface area contributed by atoms with E-state index in [0.717, 1.165) is 49.9 Å². The zero-order valence-corrected chi connectivity index (χ0v) is 15.8. The first-order valence-corrected chi connectivity index (χ1v) is 9.57. The number of nitrogens with one attached hydrogen (secondary N) is 2. The Balaban J connectivity index is 0.00000196. The lowest BCUT2D eigenvalue weighted by molar-refractivity contribution is -0.122. The minimum absolute atomic E-state index is 0. The molecule has 4 N–H and O–H groups in total. The fourth-order valence-electron chi connectivity index (χ4n) is 4.47. The van der Waals surface area contributed by atoms with Crippen LogP contribution >= 0.6 is 12.4 Å². The van der Waals surface area contributed by atoms with Crippen LogP contribution in [-0.4, -0.2) is 17.9 Å². The SMILES string of the molecule is Cl.NC1C2CCCC1CC(C(=O)Nc1ccc(NC(=O)C3CC3)cc1)C2. The average Bonchev–Trinajstić information content (AvgIpc) is 3.41. The summed E-state index contributed by atoms with van der Waals surface area (Å²) in [7, 11) is 0. The molecule has 1 aromatic rings. The van der Waals surface area contributed by atoms with Gasteiger partial charge in [0.25, 0.3) is 0 Å². The fraction of sp³-hybridized carbons (Fsp3) is 0.600. The number of hydrogen-bond acceptors (Lipinski definition) is 3. The summed E-state index contributed by atoms with van der Waals surface area (Å²) in [6.07, 6.45) is 7.40. The van der Waals surface area contributed by atoms with Crippen molar-refractivity contribution < 1.29 is 9.59 Å². The second-order valence-electron chi connectivity index (χ2n) is 8.03. The molecule has 3 saturated carbocycles. The number of carbonyl (C=O) groups excluding carboxylic acids is 2. The second kappa shape index (κ2) is 7.97. The fourth-order valence-corrected chi connectivity index (χ4v) is 4.47. The van der Waals surface area contributed by atoms with Crippen LogP contribution in [0.1, 0.15) is 44.9 Å². The summed E-state index contributed by atoms with van der Waals surface area (Å²) in [5.41, 5.74) is 7.89. The van der Waals surface area contributed by atoms with Gasteiger partial charge < -0.3 is 16.4 Å². The summed E-state index contributed by atoms with van der Waals surface area (Å²) in [6, 6.07) is 7.70. The second-order valence-corrected chi connectivity index (χ2v) is 8.03. The molecule has 2 amide bonds. The molecule has 3 aliphatic rings. The van der Waals surface area contributed by atoms with Gasteiger partial charge in [-0.3, -0.25) is 9.59 Å². The van der Waals surface area contributed by atoms with Gasteiger partial charge in [-0.05, 0) is 74.6 Å². The molecule has 1 aromatic carbocycles. The predicted octanol–water partition coefficient (Wildman–Crippen LogP) is 3.55. The van der Waals surface area contributed by atoms with E-state index in [4.69, 9.17) is 5.73 Å². The number of carbonyl (C=O) groups is 2. The molecule has 142 valence electrons. The lowest BCUT2D eigenvalue weighted by atomic mass is 9.65. The van der Waals surface area contributed by atoms with Gasteiger partial charge in [-0.2, -0.15) is 0 Å². The summed E-state index contributed by atoms with van der Waals surface area (Å²) in [4.78, 5) is 24.4. The van der Waals surface area contributed by atoms with Crippen LogP contribution in [0.2, 0.25) is 0 Å². The van der Waals surface area contributed by atoms with E-state index < -0.39 is 0 Å². The van der Waals surface area contributed by atoms with Gasteiger partial charge in [0.1, 0.15) is 0 Å². The van der Waals surface area contributed by atoms with Gasteiger partial charge in [0.15, 0.2) is 0 Å². The Hall–Kier alpha value is -1.59. The average molecular weight is 378 g/mol. The molecule has 6 heteroatoms. The van der Waals surface area contributed by atoms with Crippen molar-refractivity contribution in [2.24, 2.45) is 29.4 Å².